The van der Waals surface area contributed by atoms with E-state index in [1.54, 1.807) is 35.3 Å². The summed E-state index contributed by atoms with van der Waals surface area (Å²) in [6.07, 6.45) is 3.30. The third kappa shape index (κ3) is 3.19. The fourth-order valence-corrected chi connectivity index (χ4v) is 2.58. The van der Waals surface area contributed by atoms with Gasteiger partial charge in [-0.15, -0.1) is 0 Å². The van der Waals surface area contributed by atoms with E-state index in [2.05, 4.69) is 4.98 Å². The number of thioether (sulfide) groups is 1. The van der Waals surface area contributed by atoms with Crippen molar-refractivity contribution in [2.24, 2.45) is 11.7 Å². The third-order valence-corrected chi connectivity index (χ3v) is 3.85. The van der Waals surface area contributed by atoms with Crippen molar-refractivity contribution in [1.29, 1.82) is 0 Å². The molecule has 0 amide bonds. The van der Waals surface area contributed by atoms with E-state index in [1.165, 1.54) is 0 Å². The number of rotatable bonds is 5. The molecular formula is C14H17F2N3S. The van der Waals surface area contributed by atoms with Crippen LogP contribution in [0, 0.1) is 5.92 Å². The minimum Gasteiger partial charge on any atom is -0.322 e. The maximum absolute atomic E-state index is 12.6. The van der Waals surface area contributed by atoms with Crippen molar-refractivity contribution in [2.75, 3.05) is 0 Å². The molecule has 3 nitrogen and oxygen atoms in total. The lowest BCUT2D eigenvalue weighted by Gasteiger charge is -2.19. The van der Waals surface area contributed by atoms with E-state index < -0.39 is 5.76 Å². The Bertz CT molecular complexity index is 569. The number of hydrogen-bond donors (Lipinski definition) is 1. The standard InChI is InChI=1S/C14H17F2N3S/c1-9(2)13(17)11-7-18-8-19(11)10-5-3-4-6-12(10)20-14(15)16/h3-9,13-14H,17H2,1-2H3. The van der Waals surface area contributed by atoms with Crippen molar-refractivity contribution in [2.45, 2.75) is 30.5 Å². The van der Waals surface area contributed by atoms with Crippen molar-refractivity contribution < 1.29 is 8.78 Å². The molecule has 0 fully saturated rings. The Hall–Kier alpha value is -1.40. The lowest BCUT2D eigenvalue weighted by atomic mass is 10.0. The normalized spacial score (nSPS) is 13.2. The van der Waals surface area contributed by atoms with Gasteiger partial charge in [0.25, 0.3) is 5.76 Å². The first-order chi connectivity index (χ1) is 9.50. The Morgan fingerprint density at radius 3 is 2.60 bits per heavy atom. The number of aromatic nitrogens is 2. The predicted molar refractivity (Wildman–Crippen MR) is 77.2 cm³/mol. The smallest absolute Gasteiger partial charge is 0.288 e. The Kier molecular flexibility index (Phi) is 4.77. The summed E-state index contributed by atoms with van der Waals surface area (Å²) < 4.78 is 27.1. The van der Waals surface area contributed by atoms with Crippen LogP contribution < -0.4 is 5.73 Å². The van der Waals surface area contributed by atoms with E-state index in [0.717, 1.165) is 5.69 Å². The number of benzene rings is 1. The van der Waals surface area contributed by atoms with Crippen LogP contribution in [0.2, 0.25) is 0 Å². The van der Waals surface area contributed by atoms with Crippen LogP contribution in [0.5, 0.6) is 0 Å². The van der Waals surface area contributed by atoms with Crippen molar-refractivity contribution in [3.8, 4) is 5.69 Å². The third-order valence-electron chi connectivity index (χ3n) is 3.07. The topological polar surface area (TPSA) is 43.8 Å². The number of para-hydroxylation sites is 1. The number of hydrogen-bond acceptors (Lipinski definition) is 3. The molecular weight excluding hydrogens is 280 g/mol. The Labute approximate surface area is 121 Å². The molecule has 1 aromatic carbocycles. The van der Waals surface area contributed by atoms with E-state index in [9.17, 15) is 8.78 Å². The molecule has 1 heterocycles. The molecule has 6 heteroatoms. The van der Waals surface area contributed by atoms with Crippen molar-refractivity contribution in [3.05, 3.63) is 42.5 Å². The number of halogens is 2. The minimum absolute atomic E-state index is 0.192. The summed E-state index contributed by atoms with van der Waals surface area (Å²) in [6, 6.07) is 6.84. The largest absolute Gasteiger partial charge is 0.322 e. The molecule has 0 radical (unpaired) electrons. The number of alkyl halides is 2. The first-order valence-corrected chi connectivity index (χ1v) is 7.20. The van der Waals surface area contributed by atoms with Crippen LogP contribution in [0.1, 0.15) is 25.6 Å². The van der Waals surface area contributed by atoms with E-state index in [4.69, 9.17) is 5.73 Å². The highest BCUT2D eigenvalue weighted by molar-refractivity contribution is 7.99. The van der Waals surface area contributed by atoms with E-state index in [-0.39, 0.29) is 12.0 Å². The van der Waals surface area contributed by atoms with E-state index in [0.29, 0.717) is 22.3 Å². The molecule has 2 N–H and O–H groups in total. The lowest BCUT2D eigenvalue weighted by Crippen LogP contribution is -2.20. The molecule has 0 aliphatic carbocycles. The first kappa shape index (κ1) is 15.0. The molecule has 2 rings (SSSR count). The highest BCUT2D eigenvalue weighted by Crippen LogP contribution is 2.32. The number of nitrogens with zero attached hydrogens (tertiary/aromatic N) is 2. The van der Waals surface area contributed by atoms with Gasteiger partial charge >= 0.3 is 0 Å². The van der Waals surface area contributed by atoms with Gasteiger partial charge in [0.05, 0.1) is 23.9 Å². The second-order valence-corrected chi connectivity index (χ2v) is 5.84. The zero-order valence-electron chi connectivity index (χ0n) is 11.3. The maximum Gasteiger partial charge on any atom is 0.288 e. The fourth-order valence-electron chi connectivity index (χ4n) is 1.95. The summed E-state index contributed by atoms with van der Waals surface area (Å²) in [5.74, 6) is -2.22. The van der Waals surface area contributed by atoms with Gasteiger partial charge in [0.15, 0.2) is 0 Å². The zero-order chi connectivity index (χ0) is 14.7. The van der Waals surface area contributed by atoms with Crippen LogP contribution in [0.4, 0.5) is 8.78 Å². The van der Waals surface area contributed by atoms with Crippen molar-refractivity contribution in [3.63, 3.8) is 0 Å². The summed E-state index contributed by atoms with van der Waals surface area (Å²) in [6.45, 7) is 4.03. The second-order valence-electron chi connectivity index (χ2n) is 4.80. The molecule has 0 aliphatic heterocycles. The quantitative estimate of drug-likeness (QED) is 0.853. The highest BCUT2D eigenvalue weighted by Gasteiger charge is 2.18. The molecule has 1 aromatic heterocycles. The summed E-state index contributed by atoms with van der Waals surface area (Å²) >= 11 is 0.529. The first-order valence-electron chi connectivity index (χ1n) is 6.32. The Morgan fingerprint density at radius 1 is 1.25 bits per heavy atom. The molecule has 1 atom stereocenters. The number of nitrogens with two attached hydrogens (primary N) is 1. The van der Waals surface area contributed by atoms with Crippen molar-refractivity contribution >= 4 is 11.8 Å². The molecule has 20 heavy (non-hydrogen) atoms. The molecule has 0 saturated heterocycles. The fraction of sp³-hybridized carbons (Fsp3) is 0.357. The molecule has 0 spiro atoms. The molecule has 1 unspecified atom stereocenters. The van der Waals surface area contributed by atoms with Crippen molar-refractivity contribution in [1.82, 2.24) is 9.55 Å². The Balaban J connectivity index is 2.45. The molecule has 0 saturated carbocycles. The maximum atomic E-state index is 12.6. The second kappa shape index (κ2) is 6.37. The van der Waals surface area contributed by atoms with Gasteiger partial charge in [-0.1, -0.05) is 37.7 Å². The monoisotopic (exact) mass is 297 g/mol. The lowest BCUT2D eigenvalue weighted by molar-refractivity contribution is 0.252. The van der Waals surface area contributed by atoms with Crippen LogP contribution in [-0.4, -0.2) is 15.3 Å². The zero-order valence-corrected chi connectivity index (χ0v) is 12.1. The van der Waals surface area contributed by atoms with Crippen LogP contribution in [0.3, 0.4) is 0 Å². The Morgan fingerprint density at radius 2 is 1.95 bits per heavy atom. The molecule has 2 aromatic rings. The average Bonchev–Trinajstić information content (AvgIpc) is 2.86. The van der Waals surface area contributed by atoms with Gasteiger partial charge in [0, 0.05) is 10.9 Å². The van der Waals surface area contributed by atoms with Crippen LogP contribution >= 0.6 is 11.8 Å². The highest BCUT2D eigenvalue weighted by atomic mass is 32.2. The van der Waals surface area contributed by atoms with Gasteiger partial charge in [-0.2, -0.15) is 8.78 Å². The summed E-state index contributed by atoms with van der Waals surface area (Å²) in [4.78, 5) is 4.62. The molecule has 0 bridgehead atoms. The van der Waals surface area contributed by atoms with Gasteiger partial charge in [-0.25, -0.2) is 4.98 Å². The van der Waals surface area contributed by atoms with Gasteiger partial charge in [0.2, 0.25) is 0 Å². The van der Waals surface area contributed by atoms with Crippen LogP contribution in [-0.2, 0) is 0 Å². The average molecular weight is 297 g/mol. The van der Waals surface area contributed by atoms with Crippen LogP contribution in [0.25, 0.3) is 5.69 Å². The van der Waals surface area contributed by atoms with Gasteiger partial charge < -0.3 is 10.3 Å². The van der Waals surface area contributed by atoms with E-state index in [1.807, 2.05) is 19.9 Å². The van der Waals surface area contributed by atoms with Gasteiger partial charge in [-0.05, 0) is 18.1 Å². The predicted octanol–water partition coefficient (Wildman–Crippen LogP) is 3.84. The SMILES string of the molecule is CC(C)C(N)c1cncn1-c1ccccc1SC(F)F. The van der Waals surface area contributed by atoms with Gasteiger partial charge in [0.1, 0.15) is 0 Å². The summed E-state index contributed by atoms with van der Waals surface area (Å²) in [5, 5.41) is 0. The summed E-state index contributed by atoms with van der Waals surface area (Å²) in [5.41, 5.74) is 7.66. The minimum atomic E-state index is -2.46. The van der Waals surface area contributed by atoms with Crippen LogP contribution in [0.15, 0.2) is 41.7 Å². The molecule has 108 valence electrons. The van der Waals surface area contributed by atoms with Gasteiger partial charge in [-0.3, -0.25) is 0 Å². The summed E-state index contributed by atoms with van der Waals surface area (Å²) in [7, 11) is 0. The number of imidazole rings is 1. The molecule has 0 aliphatic rings. The van der Waals surface area contributed by atoms with E-state index >= 15 is 0 Å².